The molecule has 49 heavy (non-hydrogen) atoms. The van der Waals surface area contributed by atoms with E-state index in [1.54, 1.807) is 0 Å². The summed E-state index contributed by atoms with van der Waals surface area (Å²) in [6.07, 6.45) is 0. The fraction of sp³-hybridized carbons (Fsp3) is 0. The monoisotopic (exact) mass is 643 g/mol. The van der Waals surface area contributed by atoms with Crippen molar-refractivity contribution in [2.24, 2.45) is 0 Å². The summed E-state index contributed by atoms with van der Waals surface area (Å²) in [4.78, 5) is 15.2. The Bertz CT molecular complexity index is 2460. The zero-order chi connectivity index (χ0) is 32.6. The van der Waals surface area contributed by atoms with Crippen LogP contribution in [-0.4, -0.2) is 15.0 Å². The van der Waals surface area contributed by atoms with E-state index in [1.165, 1.54) is 42.4 Å². The highest BCUT2D eigenvalue weighted by atomic mass is 32.1. The Hall–Kier alpha value is -6.23. The molecule has 0 amide bonds. The number of fused-ring (bicyclic) bond motifs is 3. The number of benzene rings is 7. The highest BCUT2D eigenvalue weighted by Crippen LogP contribution is 2.44. The summed E-state index contributed by atoms with van der Waals surface area (Å²) in [5, 5.41) is 2.50. The van der Waals surface area contributed by atoms with Gasteiger partial charge in [-0.1, -0.05) is 140 Å². The molecule has 4 heteroatoms. The van der Waals surface area contributed by atoms with Crippen LogP contribution in [0.5, 0.6) is 0 Å². The van der Waals surface area contributed by atoms with Crippen LogP contribution in [0.15, 0.2) is 176 Å². The first-order valence-electron chi connectivity index (χ1n) is 16.4. The fourth-order valence-corrected chi connectivity index (χ4v) is 7.70. The first kappa shape index (κ1) is 29.0. The molecule has 9 rings (SSSR count). The van der Waals surface area contributed by atoms with Crippen molar-refractivity contribution in [1.29, 1.82) is 0 Å². The zero-order valence-corrected chi connectivity index (χ0v) is 27.3. The van der Waals surface area contributed by atoms with Gasteiger partial charge in [0.15, 0.2) is 17.5 Å². The van der Waals surface area contributed by atoms with Gasteiger partial charge in [0.2, 0.25) is 0 Å². The molecule has 0 aliphatic rings. The lowest BCUT2D eigenvalue weighted by Crippen LogP contribution is -2.00. The lowest BCUT2D eigenvalue weighted by molar-refractivity contribution is 1.07. The van der Waals surface area contributed by atoms with Crippen LogP contribution < -0.4 is 0 Å². The first-order chi connectivity index (χ1) is 24.3. The van der Waals surface area contributed by atoms with Gasteiger partial charge in [0.05, 0.1) is 0 Å². The number of thiophene rings is 1. The highest BCUT2D eigenvalue weighted by Gasteiger charge is 2.19. The summed E-state index contributed by atoms with van der Waals surface area (Å²) >= 11 is 1.81. The topological polar surface area (TPSA) is 38.7 Å². The van der Waals surface area contributed by atoms with E-state index in [1.807, 2.05) is 47.7 Å². The van der Waals surface area contributed by atoms with Crippen molar-refractivity contribution >= 4 is 31.5 Å². The van der Waals surface area contributed by atoms with E-state index in [9.17, 15) is 0 Å². The van der Waals surface area contributed by atoms with Crippen LogP contribution >= 0.6 is 11.3 Å². The summed E-state index contributed by atoms with van der Waals surface area (Å²) in [6.45, 7) is 0. The normalized spacial score (nSPS) is 11.3. The number of aromatic nitrogens is 3. The Kier molecular flexibility index (Phi) is 7.34. The molecule has 0 aliphatic heterocycles. The second-order valence-corrected chi connectivity index (χ2v) is 13.1. The van der Waals surface area contributed by atoms with E-state index in [0.29, 0.717) is 17.5 Å². The largest absolute Gasteiger partial charge is 0.208 e. The van der Waals surface area contributed by atoms with E-state index < -0.39 is 0 Å². The third-order valence-electron chi connectivity index (χ3n) is 8.89. The predicted octanol–water partition coefficient (Wildman–Crippen LogP) is 12.2. The van der Waals surface area contributed by atoms with Crippen molar-refractivity contribution < 1.29 is 0 Å². The van der Waals surface area contributed by atoms with Gasteiger partial charge in [-0.15, -0.1) is 11.3 Å². The van der Waals surface area contributed by atoms with Crippen molar-refractivity contribution in [2.75, 3.05) is 0 Å². The van der Waals surface area contributed by atoms with Gasteiger partial charge >= 0.3 is 0 Å². The molecule has 230 valence electrons. The molecule has 9 aromatic rings. The van der Waals surface area contributed by atoms with Gasteiger partial charge in [0.1, 0.15) is 0 Å². The maximum absolute atomic E-state index is 5.11. The fourth-order valence-electron chi connectivity index (χ4n) is 6.53. The van der Waals surface area contributed by atoms with Crippen LogP contribution in [0.1, 0.15) is 0 Å². The lowest BCUT2D eigenvalue weighted by Gasteiger charge is -2.14. The molecule has 0 saturated carbocycles. The summed E-state index contributed by atoms with van der Waals surface area (Å²) in [6, 6.07) is 61.7. The zero-order valence-electron chi connectivity index (χ0n) is 26.5. The predicted molar refractivity (Wildman–Crippen MR) is 205 cm³/mol. The molecule has 0 bridgehead atoms. The maximum Gasteiger partial charge on any atom is 0.164 e. The van der Waals surface area contributed by atoms with Crippen LogP contribution in [0.3, 0.4) is 0 Å². The minimum absolute atomic E-state index is 0.649. The van der Waals surface area contributed by atoms with E-state index >= 15 is 0 Å². The average molecular weight is 644 g/mol. The SMILES string of the molecule is c1ccc(-c2cc(-c3ccccc3)cc(-c3cc(-c4nc(-c5ccccc5)nc(-c5ccccc5)n4)cc4sc5ccccc5c34)c2)cc1. The van der Waals surface area contributed by atoms with E-state index in [0.717, 1.165) is 27.8 Å². The van der Waals surface area contributed by atoms with Gasteiger partial charge in [0, 0.05) is 36.9 Å². The number of hydrogen-bond donors (Lipinski definition) is 0. The molecule has 0 aliphatic carbocycles. The summed E-state index contributed by atoms with van der Waals surface area (Å²) < 4.78 is 2.45. The van der Waals surface area contributed by atoms with Gasteiger partial charge in [-0.05, 0) is 69.8 Å². The van der Waals surface area contributed by atoms with Gasteiger partial charge in [-0.3, -0.25) is 0 Å². The van der Waals surface area contributed by atoms with Crippen molar-refractivity contribution in [3.63, 3.8) is 0 Å². The van der Waals surface area contributed by atoms with Gasteiger partial charge < -0.3 is 0 Å². The molecule has 7 aromatic carbocycles. The third kappa shape index (κ3) is 5.58. The quantitative estimate of drug-likeness (QED) is 0.181. The van der Waals surface area contributed by atoms with Crippen LogP contribution in [0.25, 0.3) is 87.7 Å². The van der Waals surface area contributed by atoms with E-state index in [4.69, 9.17) is 15.0 Å². The smallest absolute Gasteiger partial charge is 0.164 e. The lowest BCUT2D eigenvalue weighted by atomic mass is 9.90. The molecule has 3 nitrogen and oxygen atoms in total. The number of hydrogen-bond acceptors (Lipinski definition) is 4. The van der Waals surface area contributed by atoms with Crippen LogP contribution in [0.2, 0.25) is 0 Å². The molecule has 0 atom stereocenters. The summed E-state index contributed by atoms with van der Waals surface area (Å²) in [7, 11) is 0. The molecule has 0 N–H and O–H groups in total. The maximum atomic E-state index is 5.11. The molecule has 0 saturated heterocycles. The van der Waals surface area contributed by atoms with Gasteiger partial charge in [0.25, 0.3) is 0 Å². The second kappa shape index (κ2) is 12.4. The molecule has 0 radical (unpaired) electrons. The Labute approximate surface area is 288 Å². The highest BCUT2D eigenvalue weighted by molar-refractivity contribution is 7.26. The Balaban J connectivity index is 1.33. The van der Waals surface area contributed by atoms with Crippen molar-refractivity contribution in [1.82, 2.24) is 15.0 Å². The minimum Gasteiger partial charge on any atom is -0.208 e. The third-order valence-corrected chi connectivity index (χ3v) is 10.0. The standard InChI is InChI=1S/C45H29N3S/c1-5-15-30(16-6-1)34-25-35(31-17-7-2-8-18-31)27-36(26-34)39-28-37(29-41-42(39)38-23-13-14-24-40(38)49-41)45-47-43(32-19-9-3-10-20-32)46-44(48-45)33-21-11-4-12-22-33/h1-29H. The van der Waals surface area contributed by atoms with Gasteiger partial charge in [-0.25, -0.2) is 15.0 Å². The van der Waals surface area contributed by atoms with Crippen LogP contribution in [0, 0.1) is 0 Å². The second-order valence-electron chi connectivity index (χ2n) is 12.1. The Morgan fingerprint density at radius 3 is 1.27 bits per heavy atom. The Morgan fingerprint density at radius 2 is 0.735 bits per heavy atom. The molecular formula is C45H29N3S. The molecule has 0 unspecified atom stereocenters. The van der Waals surface area contributed by atoms with E-state index in [2.05, 4.69) is 140 Å². The van der Waals surface area contributed by atoms with Gasteiger partial charge in [-0.2, -0.15) is 0 Å². The van der Waals surface area contributed by atoms with E-state index in [-0.39, 0.29) is 0 Å². The number of nitrogens with zero attached hydrogens (tertiary/aromatic N) is 3. The van der Waals surface area contributed by atoms with Crippen LogP contribution in [0.4, 0.5) is 0 Å². The molecule has 0 fully saturated rings. The number of rotatable bonds is 6. The first-order valence-corrected chi connectivity index (χ1v) is 17.2. The van der Waals surface area contributed by atoms with Crippen molar-refractivity contribution in [3.8, 4) is 67.5 Å². The van der Waals surface area contributed by atoms with Crippen molar-refractivity contribution in [2.45, 2.75) is 0 Å². The molecule has 0 spiro atoms. The van der Waals surface area contributed by atoms with Crippen molar-refractivity contribution in [3.05, 3.63) is 176 Å². The summed E-state index contributed by atoms with van der Waals surface area (Å²) in [5.74, 6) is 1.95. The molecule has 2 aromatic heterocycles. The average Bonchev–Trinajstić information content (AvgIpc) is 3.57. The molecule has 2 heterocycles. The Morgan fingerprint density at radius 1 is 0.306 bits per heavy atom. The minimum atomic E-state index is 0.649. The van der Waals surface area contributed by atoms with Crippen LogP contribution in [-0.2, 0) is 0 Å². The molecular weight excluding hydrogens is 615 g/mol. The summed E-state index contributed by atoms with van der Waals surface area (Å²) in [5.41, 5.74) is 9.88.